The molecule has 0 saturated carbocycles. The highest BCUT2D eigenvalue weighted by Crippen LogP contribution is 2.35. The van der Waals surface area contributed by atoms with Crippen molar-refractivity contribution in [3.63, 3.8) is 0 Å². The zero-order valence-corrected chi connectivity index (χ0v) is 20.8. The second-order valence-electron chi connectivity index (χ2n) is 8.01. The number of aromatic nitrogens is 3. The summed E-state index contributed by atoms with van der Waals surface area (Å²) in [5.74, 6) is 2.72. The predicted molar refractivity (Wildman–Crippen MR) is 141 cm³/mol. The van der Waals surface area contributed by atoms with Gasteiger partial charge in [-0.1, -0.05) is 30.0 Å². The standard InChI is InChI=1S/C27H24N4O4S/c1-17-13-18-14-23(33-2)24(34-3)15-22(18)31-26(17)29-30-27(31)36-16-25(32)28-19-9-11-21(12-10-19)35-20-7-5-4-6-8-20/h4-15H,16H2,1-3H3,(H,28,32). The molecule has 9 heteroatoms. The molecule has 0 aliphatic carbocycles. The number of nitrogens with one attached hydrogen (secondary N) is 1. The fraction of sp³-hybridized carbons (Fsp3) is 0.148. The van der Waals surface area contributed by atoms with Crippen LogP contribution < -0.4 is 19.5 Å². The van der Waals surface area contributed by atoms with Crippen LogP contribution in [0.5, 0.6) is 23.0 Å². The molecule has 0 fully saturated rings. The summed E-state index contributed by atoms with van der Waals surface area (Å²) in [5, 5.41) is 13.2. The second kappa shape index (κ2) is 10.2. The van der Waals surface area contributed by atoms with Crippen molar-refractivity contribution in [3.05, 3.63) is 78.4 Å². The first-order valence-corrected chi connectivity index (χ1v) is 12.2. The number of rotatable bonds is 8. The summed E-state index contributed by atoms with van der Waals surface area (Å²) >= 11 is 1.32. The van der Waals surface area contributed by atoms with Crippen molar-refractivity contribution in [3.8, 4) is 23.0 Å². The van der Waals surface area contributed by atoms with Crippen molar-refractivity contribution >= 4 is 39.9 Å². The second-order valence-corrected chi connectivity index (χ2v) is 8.95. The van der Waals surface area contributed by atoms with E-state index in [-0.39, 0.29) is 11.7 Å². The molecule has 8 nitrogen and oxygen atoms in total. The summed E-state index contributed by atoms with van der Waals surface area (Å²) in [7, 11) is 3.21. The van der Waals surface area contributed by atoms with Crippen molar-refractivity contribution in [1.29, 1.82) is 0 Å². The minimum absolute atomic E-state index is 0.148. The van der Waals surface area contributed by atoms with Gasteiger partial charge in [-0.25, -0.2) is 0 Å². The van der Waals surface area contributed by atoms with E-state index in [1.54, 1.807) is 14.2 Å². The Morgan fingerprint density at radius 2 is 1.61 bits per heavy atom. The summed E-state index contributed by atoms with van der Waals surface area (Å²) in [4.78, 5) is 12.7. The van der Waals surface area contributed by atoms with Crippen molar-refractivity contribution in [2.45, 2.75) is 12.1 Å². The van der Waals surface area contributed by atoms with Crippen LogP contribution in [-0.4, -0.2) is 40.5 Å². The van der Waals surface area contributed by atoms with Gasteiger partial charge in [0, 0.05) is 17.1 Å². The molecule has 1 N–H and O–H groups in total. The number of benzene rings is 3. The average Bonchev–Trinajstić information content (AvgIpc) is 3.33. The number of anilines is 1. The number of methoxy groups -OCH3 is 2. The first kappa shape index (κ1) is 23.5. The van der Waals surface area contributed by atoms with Crippen LogP contribution >= 0.6 is 11.8 Å². The first-order valence-electron chi connectivity index (χ1n) is 11.2. The van der Waals surface area contributed by atoms with Gasteiger partial charge in [0.25, 0.3) is 0 Å². The summed E-state index contributed by atoms with van der Waals surface area (Å²) in [6, 6.07) is 22.6. The summed E-state index contributed by atoms with van der Waals surface area (Å²) in [6.07, 6.45) is 0. The molecular formula is C27H24N4O4S. The number of aryl methyl sites for hydroxylation is 1. The molecule has 0 saturated heterocycles. The van der Waals surface area contributed by atoms with Gasteiger partial charge in [-0.2, -0.15) is 0 Å². The van der Waals surface area contributed by atoms with Crippen LogP contribution in [0.2, 0.25) is 0 Å². The Bertz CT molecular complexity index is 1540. The maximum atomic E-state index is 12.7. The normalized spacial score (nSPS) is 11.0. The van der Waals surface area contributed by atoms with E-state index >= 15 is 0 Å². The van der Waals surface area contributed by atoms with Gasteiger partial charge in [0.1, 0.15) is 11.5 Å². The smallest absolute Gasteiger partial charge is 0.234 e. The molecule has 0 unspecified atom stereocenters. The first-order chi connectivity index (χ1) is 17.6. The minimum atomic E-state index is -0.148. The van der Waals surface area contributed by atoms with Crippen LogP contribution in [0.25, 0.3) is 16.6 Å². The van der Waals surface area contributed by atoms with Crippen LogP contribution in [0, 0.1) is 6.92 Å². The topological polar surface area (TPSA) is 87.0 Å². The van der Waals surface area contributed by atoms with Crippen LogP contribution in [0.4, 0.5) is 5.69 Å². The number of nitrogens with zero attached hydrogens (tertiary/aromatic N) is 3. The van der Waals surface area contributed by atoms with Crippen LogP contribution in [0.15, 0.2) is 78.0 Å². The van der Waals surface area contributed by atoms with E-state index < -0.39 is 0 Å². The maximum absolute atomic E-state index is 12.7. The van der Waals surface area contributed by atoms with Gasteiger partial charge in [0.05, 0.1) is 25.5 Å². The third-order valence-corrected chi connectivity index (χ3v) is 6.51. The zero-order valence-electron chi connectivity index (χ0n) is 20.0. The number of ether oxygens (including phenoxy) is 3. The van der Waals surface area contributed by atoms with E-state index in [0.29, 0.717) is 28.1 Å². The molecule has 0 aliphatic heterocycles. The molecule has 0 aliphatic rings. The molecule has 0 atom stereocenters. The molecule has 182 valence electrons. The number of hydrogen-bond donors (Lipinski definition) is 1. The summed E-state index contributed by atoms with van der Waals surface area (Å²) in [6.45, 7) is 1.98. The fourth-order valence-corrected chi connectivity index (χ4v) is 4.63. The summed E-state index contributed by atoms with van der Waals surface area (Å²) < 4.78 is 18.7. The molecule has 2 aromatic heterocycles. The van der Waals surface area contributed by atoms with Crippen molar-refractivity contribution in [2.24, 2.45) is 0 Å². The SMILES string of the molecule is COc1cc2cc(C)c3nnc(SCC(=O)Nc4ccc(Oc5ccccc5)cc4)n3c2cc1OC. The van der Waals surface area contributed by atoms with Gasteiger partial charge < -0.3 is 19.5 Å². The molecule has 3 aromatic carbocycles. The Labute approximate surface area is 212 Å². The predicted octanol–water partition coefficient (Wildman–Crippen LogP) is 5.73. The Hall–Kier alpha value is -4.24. The number of amides is 1. The van der Waals surface area contributed by atoms with Crippen LogP contribution in [0.1, 0.15) is 5.56 Å². The van der Waals surface area contributed by atoms with Gasteiger partial charge in [0.15, 0.2) is 22.3 Å². The van der Waals surface area contributed by atoms with E-state index in [0.717, 1.165) is 27.9 Å². The van der Waals surface area contributed by atoms with Gasteiger partial charge in [0.2, 0.25) is 5.91 Å². The van der Waals surface area contributed by atoms with Gasteiger partial charge in [-0.3, -0.25) is 9.20 Å². The number of hydrogen-bond acceptors (Lipinski definition) is 7. The molecule has 36 heavy (non-hydrogen) atoms. The third kappa shape index (κ3) is 4.78. The highest BCUT2D eigenvalue weighted by Gasteiger charge is 2.16. The number of pyridine rings is 1. The quantitative estimate of drug-likeness (QED) is 0.272. The largest absolute Gasteiger partial charge is 0.493 e. The lowest BCUT2D eigenvalue weighted by Crippen LogP contribution is -2.14. The number of thioether (sulfide) groups is 1. The van der Waals surface area contributed by atoms with Crippen LogP contribution in [0.3, 0.4) is 0 Å². The fourth-order valence-electron chi connectivity index (χ4n) is 3.89. The van der Waals surface area contributed by atoms with Gasteiger partial charge >= 0.3 is 0 Å². The monoisotopic (exact) mass is 500 g/mol. The number of para-hydroxylation sites is 1. The van der Waals surface area contributed by atoms with Crippen molar-refractivity contribution in [1.82, 2.24) is 14.6 Å². The lowest BCUT2D eigenvalue weighted by molar-refractivity contribution is -0.113. The van der Waals surface area contributed by atoms with Crippen molar-refractivity contribution < 1.29 is 19.0 Å². The Morgan fingerprint density at radius 1 is 0.917 bits per heavy atom. The van der Waals surface area contributed by atoms with E-state index in [4.69, 9.17) is 14.2 Å². The Kier molecular flexibility index (Phi) is 6.64. The van der Waals surface area contributed by atoms with Gasteiger partial charge in [-0.05, 0) is 61.0 Å². The lowest BCUT2D eigenvalue weighted by atomic mass is 10.1. The molecule has 2 heterocycles. The maximum Gasteiger partial charge on any atom is 0.234 e. The molecule has 5 aromatic rings. The third-order valence-electron chi connectivity index (χ3n) is 5.58. The lowest BCUT2D eigenvalue weighted by Gasteiger charge is -2.12. The molecule has 0 spiro atoms. The summed E-state index contributed by atoms with van der Waals surface area (Å²) in [5.41, 5.74) is 3.25. The highest BCUT2D eigenvalue weighted by atomic mass is 32.2. The van der Waals surface area contributed by atoms with Gasteiger partial charge in [-0.15, -0.1) is 10.2 Å². The number of carbonyl (C=O) groups is 1. The average molecular weight is 501 g/mol. The number of fused-ring (bicyclic) bond motifs is 3. The van der Waals surface area contributed by atoms with Crippen LogP contribution in [-0.2, 0) is 4.79 Å². The molecule has 0 radical (unpaired) electrons. The molecule has 0 bridgehead atoms. The Balaban J connectivity index is 1.31. The molecule has 5 rings (SSSR count). The van der Waals surface area contributed by atoms with E-state index in [2.05, 4.69) is 15.5 Å². The minimum Gasteiger partial charge on any atom is -0.493 e. The van der Waals surface area contributed by atoms with Crippen molar-refractivity contribution in [2.75, 3.05) is 25.3 Å². The van der Waals surface area contributed by atoms with E-state index in [1.165, 1.54) is 11.8 Å². The molecule has 1 amide bonds. The number of carbonyl (C=O) groups excluding carboxylic acids is 1. The van der Waals surface area contributed by atoms with E-state index in [9.17, 15) is 4.79 Å². The zero-order chi connectivity index (χ0) is 25.1. The van der Waals surface area contributed by atoms with E-state index in [1.807, 2.05) is 84.1 Å². The Morgan fingerprint density at radius 3 is 2.33 bits per heavy atom. The molecular weight excluding hydrogens is 476 g/mol. The highest BCUT2D eigenvalue weighted by molar-refractivity contribution is 7.99.